The maximum Gasteiger partial charge on any atom is 0.265 e. The Bertz CT molecular complexity index is 863. The van der Waals surface area contributed by atoms with Crippen molar-refractivity contribution in [3.05, 3.63) is 50.2 Å². The molecule has 1 aromatic heterocycles. The van der Waals surface area contributed by atoms with Crippen molar-refractivity contribution in [2.75, 3.05) is 7.11 Å². The number of hydrogen-bond acceptors (Lipinski definition) is 7. The fourth-order valence-electron chi connectivity index (χ4n) is 2.74. The fraction of sp³-hybridized carbons (Fsp3) is 0.250. The maximum atomic E-state index is 12.5. The minimum atomic E-state index is -0.748. The Balaban J connectivity index is 2.08. The van der Waals surface area contributed by atoms with E-state index in [1.54, 1.807) is 0 Å². The zero-order valence-electron chi connectivity index (χ0n) is 13.5. The van der Waals surface area contributed by atoms with Gasteiger partial charge in [0.05, 0.1) is 34.7 Å². The molecule has 0 radical (unpaired) electrons. The zero-order valence-corrected chi connectivity index (χ0v) is 14.3. The molecule has 1 aromatic carbocycles. The zero-order chi connectivity index (χ0) is 18.1. The van der Waals surface area contributed by atoms with E-state index in [1.807, 2.05) is 17.5 Å². The normalized spacial score (nSPS) is 16.6. The molecule has 0 unspecified atom stereocenters. The number of hydrogen-bond donors (Lipinski definition) is 0. The monoisotopic (exact) mass is 360 g/mol. The number of carbonyl (C=O) groups is 1. The van der Waals surface area contributed by atoms with Crippen LogP contribution in [0.4, 0.5) is 5.69 Å². The SMILES string of the molecule is COc1cc([C@@H]2CC(c3cccs3)=NN2C(C)=O)c([O-])c([N+](=O)[O-])c1. The van der Waals surface area contributed by atoms with Gasteiger partial charge >= 0.3 is 0 Å². The molecule has 0 saturated carbocycles. The molecule has 0 bridgehead atoms. The highest BCUT2D eigenvalue weighted by Crippen LogP contribution is 2.42. The first kappa shape index (κ1) is 16.9. The van der Waals surface area contributed by atoms with Gasteiger partial charge in [-0.1, -0.05) is 6.07 Å². The van der Waals surface area contributed by atoms with Gasteiger partial charge in [-0.25, -0.2) is 5.01 Å². The van der Waals surface area contributed by atoms with Crippen molar-refractivity contribution in [3.63, 3.8) is 0 Å². The second-order valence-corrected chi connectivity index (χ2v) is 6.38. The Morgan fingerprint density at radius 3 is 2.80 bits per heavy atom. The molecule has 3 rings (SSSR count). The Hall–Kier alpha value is -2.94. The molecule has 1 atom stereocenters. The lowest BCUT2D eigenvalue weighted by Crippen LogP contribution is -2.25. The van der Waals surface area contributed by atoms with Gasteiger partial charge in [0.25, 0.3) is 5.69 Å². The van der Waals surface area contributed by atoms with Gasteiger partial charge in [0.1, 0.15) is 5.75 Å². The van der Waals surface area contributed by atoms with E-state index in [4.69, 9.17) is 4.74 Å². The molecule has 25 heavy (non-hydrogen) atoms. The largest absolute Gasteiger partial charge is 0.868 e. The third-order valence-corrected chi connectivity index (χ3v) is 4.82. The van der Waals surface area contributed by atoms with E-state index in [0.29, 0.717) is 12.1 Å². The van der Waals surface area contributed by atoms with E-state index in [-0.39, 0.29) is 17.2 Å². The summed E-state index contributed by atoms with van der Waals surface area (Å²) in [5, 5.41) is 31.1. The van der Waals surface area contributed by atoms with Crippen molar-refractivity contribution in [3.8, 4) is 11.5 Å². The molecule has 0 fully saturated rings. The van der Waals surface area contributed by atoms with E-state index in [1.165, 1.54) is 36.4 Å². The number of rotatable bonds is 4. The van der Waals surface area contributed by atoms with E-state index in [9.17, 15) is 20.0 Å². The van der Waals surface area contributed by atoms with Crippen molar-refractivity contribution >= 4 is 28.6 Å². The molecule has 1 aliphatic heterocycles. The molecule has 9 heteroatoms. The Morgan fingerprint density at radius 2 is 2.24 bits per heavy atom. The van der Waals surface area contributed by atoms with Crippen LogP contribution in [0, 0.1) is 10.1 Å². The molecule has 1 aliphatic rings. The summed E-state index contributed by atoms with van der Waals surface area (Å²) in [4.78, 5) is 23.3. The summed E-state index contributed by atoms with van der Waals surface area (Å²) in [6.07, 6.45) is 0.305. The number of benzene rings is 1. The van der Waals surface area contributed by atoms with Gasteiger partial charge in [0.2, 0.25) is 5.91 Å². The van der Waals surface area contributed by atoms with Crippen LogP contribution in [-0.4, -0.2) is 28.7 Å². The first-order valence-corrected chi connectivity index (χ1v) is 8.24. The Morgan fingerprint density at radius 1 is 1.48 bits per heavy atom. The minimum absolute atomic E-state index is 0.122. The van der Waals surface area contributed by atoms with E-state index in [0.717, 1.165) is 10.9 Å². The van der Waals surface area contributed by atoms with Crippen LogP contribution in [0.1, 0.15) is 29.8 Å². The van der Waals surface area contributed by atoms with Gasteiger partial charge in [-0.05, 0) is 28.8 Å². The number of thiophene rings is 1. The molecule has 1 amide bonds. The molecule has 2 heterocycles. The number of ether oxygens (including phenoxy) is 1. The summed E-state index contributed by atoms with van der Waals surface area (Å²) >= 11 is 1.47. The van der Waals surface area contributed by atoms with Crippen LogP contribution in [-0.2, 0) is 4.79 Å². The summed E-state index contributed by atoms with van der Waals surface area (Å²) in [7, 11) is 1.36. The van der Waals surface area contributed by atoms with Crippen LogP contribution in [0.2, 0.25) is 0 Å². The van der Waals surface area contributed by atoms with Gasteiger partial charge in [0.15, 0.2) is 0 Å². The Kier molecular flexibility index (Phi) is 4.41. The van der Waals surface area contributed by atoms with E-state index < -0.39 is 22.4 Å². The van der Waals surface area contributed by atoms with E-state index in [2.05, 4.69) is 5.10 Å². The van der Waals surface area contributed by atoms with Gasteiger partial charge in [0, 0.05) is 13.3 Å². The predicted molar refractivity (Wildman–Crippen MR) is 89.8 cm³/mol. The van der Waals surface area contributed by atoms with Crippen molar-refractivity contribution < 1.29 is 19.6 Å². The number of carbonyl (C=O) groups excluding carboxylic acids is 1. The summed E-state index contributed by atoms with van der Waals surface area (Å²) in [5.74, 6) is -0.888. The molecule has 8 nitrogen and oxygen atoms in total. The topological polar surface area (TPSA) is 108 Å². The molecule has 0 aliphatic carbocycles. The van der Waals surface area contributed by atoms with Crippen LogP contribution in [0.25, 0.3) is 0 Å². The molecule has 2 aromatic rings. The second-order valence-electron chi connectivity index (χ2n) is 5.43. The molecular formula is C16H14N3O5S-. The number of methoxy groups -OCH3 is 1. The van der Waals surface area contributed by atoms with Gasteiger partial charge in [-0.2, -0.15) is 5.10 Å². The summed E-state index contributed by atoms with van der Waals surface area (Å²) in [6, 6.07) is 5.55. The first-order valence-electron chi connectivity index (χ1n) is 7.37. The standard InChI is InChI=1S/C16H15N3O5S/c1-9(20)18-13(8-12(17-18)15-4-3-5-25-15)11-6-10(24-2)7-14(16(11)21)19(22)23/h3-7,13,21H,8H2,1-2H3/p-1/t13-/m0/s1. The summed E-state index contributed by atoms with van der Waals surface area (Å²) in [6.45, 7) is 1.34. The molecule has 0 saturated heterocycles. The van der Waals surface area contributed by atoms with Crippen molar-refractivity contribution in [1.82, 2.24) is 5.01 Å². The number of nitro groups is 1. The third kappa shape index (κ3) is 3.05. The number of hydrazone groups is 1. The quantitative estimate of drug-likeness (QED) is 0.614. The highest BCUT2D eigenvalue weighted by atomic mass is 32.1. The van der Waals surface area contributed by atoms with Gasteiger partial charge in [-0.15, -0.1) is 11.3 Å². The van der Waals surface area contributed by atoms with Crippen molar-refractivity contribution in [2.45, 2.75) is 19.4 Å². The molecule has 130 valence electrons. The number of amides is 1. The van der Waals surface area contributed by atoms with Crippen LogP contribution >= 0.6 is 11.3 Å². The Labute approximate surface area is 147 Å². The maximum absolute atomic E-state index is 12.5. The highest BCUT2D eigenvalue weighted by molar-refractivity contribution is 7.12. The van der Waals surface area contributed by atoms with Crippen molar-refractivity contribution in [1.29, 1.82) is 0 Å². The van der Waals surface area contributed by atoms with E-state index >= 15 is 0 Å². The predicted octanol–water partition coefficient (Wildman–Crippen LogP) is 2.44. The lowest BCUT2D eigenvalue weighted by molar-refractivity contribution is -0.398. The third-order valence-electron chi connectivity index (χ3n) is 3.90. The lowest BCUT2D eigenvalue weighted by Gasteiger charge is -2.25. The van der Waals surface area contributed by atoms with Crippen molar-refractivity contribution in [2.24, 2.45) is 5.10 Å². The summed E-state index contributed by atoms with van der Waals surface area (Å²) < 4.78 is 5.07. The minimum Gasteiger partial charge on any atom is -0.868 e. The van der Waals surface area contributed by atoms with Gasteiger partial charge < -0.3 is 9.84 Å². The summed E-state index contributed by atoms with van der Waals surface area (Å²) in [5.41, 5.74) is 0.207. The first-order chi connectivity index (χ1) is 11.9. The average Bonchev–Trinajstić information content (AvgIpc) is 3.24. The smallest absolute Gasteiger partial charge is 0.265 e. The second kappa shape index (κ2) is 6.52. The fourth-order valence-corrected chi connectivity index (χ4v) is 3.47. The van der Waals surface area contributed by atoms with Crippen LogP contribution in [0.15, 0.2) is 34.7 Å². The van der Waals surface area contributed by atoms with Crippen LogP contribution in [0.3, 0.4) is 0 Å². The lowest BCUT2D eigenvalue weighted by atomic mass is 9.99. The van der Waals surface area contributed by atoms with Crippen LogP contribution < -0.4 is 9.84 Å². The number of nitrogens with zero attached hydrogens (tertiary/aromatic N) is 3. The highest BCUT2D eigenvalue weighted by Gasteiger charge is 2.33. The molecule has 0 spiro atoms. The average molecular weight is 360 g/mol. The van der Waals surface area contributed by atoms with Gasteiger partial charge in [-0.3, -0.25) is 14.9 Å². The molecular weight excluding hydrogens is 346 g/mol. The number of nitro benzene ring substituents is 1. The van der Waals surface area contributed by atoms with Crippen LogP contribution in [0.5, 0.6) is 11.5 Å². The molecule has 0 N–H and O–H groups in total.